The van der Waals surface area contributed by atoms with Crippen LogP contribution in [0.2, 0.25) is 0 Å². The fraction of sp³-hybridized carbons (Fsp3) is 0.625. The van der Waals surface area contributed by atoms with Crippen LogP contribution in [0.3, 0.4) is 0 Å². The molecule has 6 nitrogen and oxygen atoms in total. The standard InChI is InChI=1S/C16H24N4O2S/c1-17-15(21)11-19-6-2-13(3-7-19)18-16(22)20-8-4-14-12(10-20)5-9-23-14/h5,9,13H,2-4,6-8,10-11H2,1H3,(H,17,21)(H,18,22). The summed E-state index contributed by atoms with van der Waals surface area (Å²) in [7, 11) is 1.66. The minimum atomic E-state index is 0.0478. The normalized spacial score (nSPS) is 19.3. The molecule has 0 spiro atoms. The quantitative estimate of drug-likeness (QED) is 0.866. The Labute approximate surface area is 140 Å². The minimum absolute atomic E-state index is 0.0478. The van der Waals surface area contributed by atoms with Crippen molar-refractivity contribution in [1.82, 2.24) is 20.4 Å². The lowest BCUT2D eigenvalue weighted by molar-refractivity contribution is -0.122. The van der Waals surface area contributed by atoms with E-state index in [1.165, 1.54) is 10.4 Å². The number of amides is 3. The molecular formula is C16H24N4O2S. The molecule has 126 valence electrons. The Balaban J connectivity index is 1.44. The summed E-state index contributed by atoms with van der Waals surface area (Å²) in [6, 6.07) is 2.38. The number of carbonyl (C=O) groups excluding carboxylic acids is 2. The van der Waals surface area contributed by atoms with Crippen LogP contribution < -0.4 is 10.6 Å². The average Bonchev–Trinajstić information content (AvgIpc) is 3.04. The van der Waals surface area contributed by atoms with Crippen LogP contribution in [0.15, 0.2) is 11.4 Å². The first kappa shape index (κ1) is 16.3. The number of nitrogens with one attached hydrogen (secondary N) is 2. The highest BCUT2D eigenvalue weighted by atomic mass is 32.1. The van der Waals surface area contributed by atoms with Gasteiger partial charge in [0.25, 0.3) is 0 Å². The van der Waals surface area contributed by atoms with Crippen molar-refractivity contribution in [3.8, 4) is 0 Å². The molecule has 1 aromatic heterocycles. The zero-order valence-corrected chi connectivity index (χ0v) is 14.3. The summed E-state index contributed by atoms with van der Waals surface area (Å²) < 4.78 is 0. The predicted molar refractivity (Wildman–Crippen MR) is 90.5 cm³/mol. The summed E-state index contributed by atoms with van der Waals surface area (Å²) in [6.07, 6.45) is 2.77. The predicted octanol–water partition coefficient (Wildman–Crippen LogP) is 1.03. The van der Waals surface area contributed by atoms with Gasteiger partial charge < -0.3 is 15.5 Å². The third kappa shape index (κ3) is 4.03. The number of likely N-dealkylation sites (tertiary alicyclic amines) is 1. The molecule has 2 N–H and O–H groups in total. The van der Waals surface area contributed by atoms with E-state index in [2.05, 4.69) is 27.0 Å². The molecule has 23 heavy (non-hydrogen) atoms. The van der Waals surface area contributed by atoms with Gasteiger partial charge in [-0.1, -0.05) is 0 Å². The number of nitrogens with zero attached hydrogens (tertiary/aromatic N) is 2. The highest BCUT2D eigenvalue weighted by Gasteiger charge is 2.26. The van der Waals surface area contributed by atoms with Crippen molar-refractivity contribution in [3.63, 3.8) is 0 Å². The second kappa shape index (κ2) is 7.31. The topological polar surface area (TPSA) is 64.7 Å². The van der Waals surface area contributed by atoms with Crippen molar-refractivity contribution < 1.29 is 9.59 Å². The molecule has 0 atom stereocenters. The average molecular weight is 336 g/mol. The largest absolute Gasteiger partial charge is 0.358 e. The summed E-state index contributed by atoms with van der Waals surface area (Å²) in [6.45, 7) is 3.68. The van der Waals surface area contributed by atoms with Crippen LogP contribution in [0, 0.1) is 0 Å². The Kier molecular flexibility index (Phi) is 5.17. The highest BCUT2D eigenvalue weighted by Crippen LogP contribution is 2.24. The van der Waals surface area contributed by atoms with E-state index in [-0.39, 0.29) is 18.0 Å². The van der Waals surface area contributed by atoms with Gasteiger partial charge >= 0.3 is 6.03 Å². The maximum atomic E-state index is 12.4. The Morgan fingerprint density at radius 2 is 2.09 bits per heavy atom. The molecule has 3 amide bonds. The van der Waals surface area contributed by atoms with Gasteiger partial charge in [0.15, 0.2) is 0 Å². The SMILES string of the molecule is CNC(=O)CN1CCC(NC(=O)N2CCc3sccc3C2)CC1. The summed E-state index contributed by atoms with van der Waals surface area (Å²) >= 11 is 1.79. The van der Waals surface area contributed by atoms with Crippen LogP contribution in [0.5, 0.6) is 0 Å². The van der Waals surface area contributed by atoms with Crippen LogP contribution in [0.4, 0.5) is 4.79 Å². The van der Waals surface area contributed by atoms with Gasteiger partial charge in [0, 0.05) is 44.1 Å². The van der Waals surface area contributed by atoms with Crippen LogP contribution >= 0.6 is 11.3 Å². The van der Waals surface area contributed by atoms with Crippen molar-refractivity contribution >= 4 is 23.3 Å². The molecule has 1 saturated heterocycles. The monoisotopic (exact) mass is 336 g/mol. The second-order valence-corrected chi connectivity index (χ2v) is 7.21. The van der Waals surface area contributed by atoms with Gasteiger partial charge in [0.1, 0.15) is 0 Å². The maximum absolute atomic E-state index is 12.4. The van der Waals surface area contributed by atoms with E-state index in [0.717, 1.165) is 45.4 Å². The molecule has 2 aliphatic rings. The molecule has 1 fully saturated rings. The van der Waals surface area contributed by atoms with E-state index < -0.39 is 0 Å². The van der Waals surface area contributed by atoms with E-state index in [1.54, 1.807) is 18.4 Å². The molecule has 0 radical (unpaired) electrons. The number of urea groups is 1. The Bertz CT molecular complexity index is 566. The van der Waals surface area contributed by atoms with Gasteiger partial charge in [-0.3, -0.25) is 9.69 Å². The molecule has 0 aromatic carbocycles. The van der Waals surface area contributed by atoms with Gasteiger partial charge in [-0.05, 0) is 36.3 Å². The summed E-state index contributed by atoms with van der Waals surface area (Å²) in [5.41, 5.74) is 1.29. The number of hydrogen-bond donors (Lipinski definition) is 2. The van der Waals surface area contributed by atoms with Gasteiger partial charge in [0.2, 0.25) is 5.91 Å². The molecule has 3 rings (SSSR count). The lowest BCUT2D eigenvalue weighted by Crippen LogP contribution is -2.51. The van der Waals surface area contributed by atoms with E-state index in [9.17, 15) is 9.59 Å². The Hall–Kier alpha value is -1.60. The fourth-order valence-electron chi connectivity index (χ4n) is 3.21. The number of piperidine rings is 1. The number of carbonyl (C=O) groups is 2. The number of rotatable bonds is 3. The van der Waals surface area contributed by atoms with Gasteiger partial charge in [0.05, 0.1) is 6.54 Å². The van der Waals surface area contributed by atoms with E-state index in [0.29, 0.717) is 6.54 Å². The summed E-state index contributed by atoms with van der Waals surface area (Å²) in [5.74, 6) is 0.0485. The first-order valence-electron chi connectivity index (χ1n) is 8.19. The zero-order valence-electron chi connectivity index (χ0n) is 13.5. The van der Waals surface area contributed by atoms with E-state index in [1.807, 2.05) is 4.90 Å². The third-order valence-electron chi connectivity index (χ3n) is 4.66. The van der Waals surface area contributed by atoms with Gasteiger partial charge in [-0.2, -0.15) is 0 Å². The highest BCUT2D eigenvalue weighted by molar-refractivity contribution is 7.10. The van der Waals surface area contributed by atoms with Crippen molar-refractivity contribution in [2.75, 3.05) is 33.2 Å². The van der Waals surface area contributed by atoms with Crippen LogP contribution in [0.1, 0.15) is 23.3 Å². The van der Waals surface area contributed by atoms with Crippen LogP contribution in [-0.2, 0) is 17.8 Å². The first-order chi connectivity index (χ1) is 11.2. The minimum Gasteiger partial charge on any atom is -0.358 e. The van der Waals surface area contributed by atoms with Crippen molar-refractivity contribution in [3.05, 3.63) is 21.9 Å². The lowest BCUT2D eigenvalue weighted by atomic mass is 10.0. The second-order valence-electron chi connectivity index (χ2n) is 6.21. The van der Waals surface area contributed by atoms with E-state index in [4.69, 9.17) is 0 Å². The smallest absolute Gasteiger partial charge is 0.317 e. The molecular weight excluding hydrogens is 312 g/mol. The molecule has 0 saturated carbocycles. The molecule has 3 heterocycles. The fourth-order valence-corrected chi connectivity index (χ4v) is 4.09. The first-order valence-corrected chi connectivity index (χ1v) is 9.07. The number of fused-ring (bicyclic) bond motifs is 1. The summed E-state index contributed by atoms with van der Waals surface area (Å²) in [4.78, 5) is 29.3. The zero-order chi connectivity index (χ0) is 16.2. The number of hydrogen-bond acceptors (Lipinski definition) is 4. The van der Waals surface area contributed by atoms with Crippen LogP contribution in [-0.4, -0.2) is 61.0 Å². The third-order valence-corrected chi connectivity index (χ3v) is 5.68. The molecule has 1 aromatic rings. The molecule has 0 unspecified atom stereocenters. The van der Waals surface area contributed by atoms with Crippen LogP contribution in [0.25, 0.3) is 0 Å². The maximum Gasteiger partial charge on any atom is 0.317 e. The van der Waals surface area contributed by atoms with Gasteiger partial charge in [-0.15, -0.1) is 11.3 Å². The van der Waals surface area contributed by atoms with E-state index >= 15 is 0 Å². The Morgan fingerprint density at radius 1 is 1.30 bits per heavy atom. The molecule has 2 aliphatic heterocycles. The van der Waals surface area contributed by atoms with Crippen molar-refractivity contribution in [2.45, 2.75) is 31.8 Å². The molecule has 7 heteroatoms. The summed E-state index contributed by atoms with van der Waals surface area (Å²) in [5, 5.41) is 7.92. The number of thiophene rings is 1. The lowest BCUT2D eigenvalue weighted by Gasteiger charge is -2.34. The molecule has 0 bridgehead atoms. The Morgan fingerprint density at radius 3 is 2.83 bits per heavy atom. The number of likely N-dealkylation sites (N-methyl/N-ethyl adjacent to an activating group) is 1. The molecule has 0 aliphatic carbocycles. The van der Waals surface area contributed by atoms with Crippen molar-refractivity contribution in [2.24, 2.45) is 0 Å². The van der Waals surface area contributed by atoms with Crippen molar-refractivity contribution in [1.29, 1.82) is 0 Å². The van der Waals surface area contributed by atoms with Gasteiger partial charge in [-0.25, -0.2) is 4.79 Å².